The van der Waals surface area contributed by atoms with Gasteiger partial charge in [-0.1, -0.05) is 30.0 Å². The molecule has 92 valence electrons. The first-order valence-electron chi connectivity index (χ1n) is 5.30. The van der Waals surface area contributed by atoms with Gasteiger partial charge < -0.3 is 5.11 Å². The van der Waals surface area contributed by atoms with Gasteiger partial charge in [0.15, 0.2) is 0 Å². The van der Waals surface area contributed by atoms with Crippen molar-refractivity contribution in [2.75, 3.05) is 0 Å². The third-order valence-electron chi connectivity index (χ3n) is 3.02. The molecule has 0 heterocycles. The van der Waals surface area contributed by atoms with Crippen molar-refractivity contribution in [1.29, 1.82) is 0 Å². The molecule has 0 bridgehead atoms. The zero-order valence-corrected chi connectivity index (χ0v) is 9.84. The molecule has 0 atom stereocenters. The molecule has 0 aliphatic heterocycles. The van der Waals surface area contributed by atoms with Crippen molar-refractivity contribution in [3.8, 4) is 0 Å². The van der Waals surface area contributed by atoms with Crippen LogP contribution in [0.4, 0.5) is 8.78 Å². The molecule has 1 aliphatic rings. The van der Waals surface area contributed by atoms with Crippen LogP contribution in [0.1, 0.15) is 24.8 Å². The lowest BCUT2D eigenvalue weighted by molar-refractivity contribution is -0.137. The van der Waals surface area contributed by atoms with Crippen molar-refractivity contribution >= 4 is 17.7 Å². The average Bonchev–Trinajstić information content (AvgIpc) is 2.97. The van der Waals surface area contributed by atoms with E-state index in [9.17, 15) is 13.6 Å². The molecule has 0 radical (unpaired) electrons. The van der Waals surface area contributed by atoms with Gasteiger partial charge in [0, 0.05) is 10.3 Å². The van der Waals surface area contributed by atoms with E-state index >= 15 is 0 Å². The smallest absolute Gasteiger partial charge is 0.304 e. The topological polar surface area (TPSA) is 37.3 Å². The molecular weight excluding hydrogens is 246 g/mol. The van der Waals surface area contributed by atoms with E-state index < -0.39 is 17.1 Å². The Balaban J connectivity index is 2.28. The molecule has 1 aromatic rings. The molecule has 1 saturated carbocycles. The Morgan fingerprint density at radius 3 is 2.59 bits per heavy atom. The Morgan fingerprint density at radius 1 is 1.41 bits per heavy atom. The van der Waals surface area contributed by atoms with E-state index in [1.165, 1.54) is 0 Å². The highest BCUT2D eigenvalue weighted by Crippen LogP contribution is 2.53. The van der Waals surface area contributed by atoms with Gasteiger partial charge in [-0.3, -0.25) is 4.79 Å². The van der Waals surface area contributed by atoms with Gasteiger partial charge in [0.25, 0.3) is 5.76 Å². The summed E-state index contributed by atoms with van der Waals surface area (Å²) in [6.07, 6.45) is 1.55. The van der Waals surface area contributed by atoms with Gasteiger partial charge in [-0.25, -0.2) is 0 Å². The molecule has 2 nitrogen and oxygen atoms in total. The van der Waals surface area contributed by atoms with Gasteiger partial charge >= 0.3 is 5.97 Å². The Hall–Kier alpha value is -1.10. The highest BCUT2D eigenvalue weighted by Gasteiger charge is 2.47. The molecule has 2 rings (SSSR count). The molecule has 0 spiro atoms. The number of rotatable bonds is 5. The van der Waals surface area contributed by atoms with Crippen LogP contribution in [-0.4, -0.2) is 16.8 Å². The van der Waals surface area contributed by atoms with Crippen LogP contribution in [0.2, 0.25) is 0 Å². The number of hydrogen-bond acceptors (Lipinski definition) is 2. The molecule has 5 heteroatoms. The Morgan fingerprint density at radius 2 is 2.06 bits per heavy atom. The molecule has 0 amide bonds. The minimum atomic E-state index is -2.48. The fourth-order valence-electron chi connectivity index (χ4n) is 2.09. The van der Waals surface area contributed by atoms with Crippen LogP contribution >= 0.6 is 11.8 Å². The zero-order chi connectivity index (χ0) is 12.5. The number of carboxylic acids is 1. The zero-order valence-electron chi connectivity index (χ0n) is 9.03. The van der Waals surface area contributed by atoms with Gasteiger partial charge in [-0.2, -0.15) is 8.78 Å². The average molecular weight is 258 g/mol. The molecule has 0 saturated heterocycles. The lowest BCUT2D eigenvalue weighted by Gasteiger charge is -2.17. The third kappa shape index (κ3) is 2.77. The van der Waals surface area contributed by atoms with Crippen LogP contribution < -0.4 is 0 Å². The minimum Gasteiger partial charge on any atom is -0.481 e. The van der Waals surface area contributed by atoms with Crippen molar-refractivity contribution in [2.24, 2.45) is 0 Å². The second-order valence-electron chi connectivity index (χ2n) is 4.23. The first-order chi connectivity index (χ1) is 8.03. The quantitative estimate of drug-likeness (QED) is 0.821. The summed E-state index contributed by atoms with van der Waals surface area (Å²) >= 11 is 0.493. The van der Waals surface area contributed by atoms with Gasteiger partial charge in [0.2, 0.25) is 0 Å². The van der Waals surface area contributed by atoms with Crippen molar-refractivity contribution in [3.05, 3.63) is 29.8 Å². The number of aliphatic carboxylic acids is 1. The summed E-state index contributed by atoms with van der Waals surface area (Å²) in [5, 5.41) is 8.87. The Kier molecular flexibility index (Phi) is 3.38. The van der Waals surface area contributed by atoms with Crippen molar-refractivity contribution in [3.63, 3.8) is 0 Å². The highest BCUT2D eigenvalue weighted by molar-refractivity contribution is 7.99. The van der Waals surface area contributed by atoms with E-state index in [2.05, 4.69) is 0 Å². The standard InChI is InChI=1S/C12H12F2O2S/c13-11(14)17-9-4-2-1-3-8(9)12(5-6-12)7-10(15)16/h1-4,11H,5-7H2,(H,15,16). The summed E-state index contributed by atoms with van der Waals surface area (Å²) in [4.78, 5) is 11.3. The monoisotopic (exact) mass is 258 g/mol. The number of halogens is 2. The first kappa shape index (κ1) is 12.4. The highest BCUT2D eigenvalue weighted by atomic mass is 32.2. The summed E-state index contributed by atoms with van der Waals surface area (Å²) in [5.74, 6) is -3.35. The molecule has 1 aromatic carbocycles. The molecule has 1 aliphatic carbocycles. The van der Waals surface area contributed by atoms with E-state index in [-0.39, 0.29) is 6.42 Å². The molecule has 1 fully saturated rings. The van der Waals surface area contributed by atoms with E-state index in [4.69, 9.17) is 5.11 Å². The SMILES string of the molecule is O=C(O)CC1(c2ccccc2SC(F)F)CC1. The van der Waals surface area contributed by atoms with Crippen molar-refractivity contribution in [1.82, 2.24) is 0 Å². The number of hydrogen-bond donors (Lipinski definition) is 1. The summed E-state index contributed by atoms with van der Waals surface area (Å²) in [5.41, 5.74) is 0.345. The lowest BCUT2D eigenvalue weighted by atomic mass is 9.92. The van der Waals surface area contributed by atoms with Crippen LogP contribution in [0.15, 0.2) is 29.2 Å². The summed E-state index contributed by atoms with van der Waals surface area (Å²) in [6, 6.07) is 6.87. The molecular formula is C12H12F2O2S. The first-order valence-corrected chi connectivity index (χ1v) is 6.18. The molecule has 0 unspecified atom stereocenters. The number of carboxylic acid groups (broad SMARTS) is 1. The largest absolute Gasteiger partial charge is 0.481 e. The normalized spacial score (nSPS) is 17.1. The van der Waals surface area contributed by atoms with Crippen LogP contribution in [-0.2, 0) is 10.2 Å². The Labute approximate surface area is 102 Å². The predicted octanol–water partition coefficient (Wildman–Crippen LogP) is 3.51. The lowest BCUT2D eigenvalue weighted by Crippen LogP contribution is -2.14. The predicted molar refractivity (Wildman–Crippen MR) is 61.5 cm³/mol. The molecule has 1 N–H and O–H groups in total. The van der Waals surface area contributed by atoms with Crippen LogP contribution in [0.5, 0.6) is 0 Å². The number of carbonyl (C=O) groups is 1. The summed E-state index contributed by atoms with van der Waals surface area (Å²) in [6.45, 7) is 0. The van der Waals surface area contributed by atoms with Gasteiger partial charge in [-0.15, -0.1) is 0 Å². The van der Waals surface area contributed by atoms with Gasteiger partial charge in [0.1, 0.15) is 0 Å². The molecule has 0 aromatic heterocycles. The van der Waals surface area contributed by atoms with Gasteiger partial charge in [0.05, 0.1) is 6.42 Å². The maximum Gasteiger partial charge on any atom is 0.304 e. The number of thioether (sulfide) groups is 1. The van der Waals surface area contributed by atoms with Crippen LogP contribution in [0.3, 0.4) is 0 Å². The third-order valence-corrected chi connectivity index (χ3v) is 3.81. The number of benzene rings is 1. The summed E-state index contributed by atoms with van der Waals surface area (Å²) < 4.78 is 24.8. The minimum absolute atomic E-state index is 0.0216. The van der Waals surface area contributed by atoms with Crippen LogP contribution in [0.25, 0.3) is 0 Å². The van der Waals surface area contributed by atoms with Crippen molar-refractivity contribution in [2.45, 2.75) is 35.3 Å². The number of alkyl halides is 2. The molecule has 17 heavy (non-hydrogen) atoms. The van der Waals surface area contributed by atoms with Gasteiger partial charge in [-0.05, 0) is 24.5 Å². The maximum absolute atomic E-state index is 12.4. The van der Waals surface area contributed by atoms with E-state index in [0.29, 0.717) is 16.7 Å². The second-order valence-corrected chi connectivity index (χ2v) is 5.26. The Bertz CT molecular complexity index is 430. The fourth-order valence-corrected chi connectivity index (χ4v) is 2.85. The summed E-state index contributed by atoms with van der Waals surface area (Å²) in [7, 11) is 0. The van der Waals surface area contributed by atoms with E-state index in [1.807, 2.05) is 0 Å². The maximum atomic E-state index is 12.4. The fraction of sp³-hybridized carbons (Fsp3) is 0.417. The van der Waals surface area contributed by atoms with Crippen molar-refractivity contribution < 1.29 is 18.7 Å². The second kappa shape index (κ2) is 4.64. The van der Waals surface area contributed by atoms with E-state index in [1.54, 1.807) is 24.3 Å². The van der Waals surface area contributed by atoms with E-state index in [0.717, 1.165) is 18.4 Å². The van der Waals surface area contributed by atoms with Crippen LogP contribution in [0, 0.1) is 0 Å².